The Bertz CT molecular complexity index is 477. The maximum atomic E-state index is 5.59. The van der Waals surface area contributed by atoms with Crippen molar-refractivity contribution in [1.82, 2.24) is 0 Å². The molecule has 0 N–H and O–H groups in total. The van der Waals surface area contributed by atoms with E-state index in [1.54, 1.807) is 5.56 Å². The number of hydrogen-bond acceptors (Lipinski definition) is 1. The lowest BCUT2D eigenvalue weighted by Gasteiger charge is -2.42. The molecule has 1 aromatic rings. The highest BCUT2D eigenvalue weighted by Gasteiger charge is 2.35. The van der Waals surface area contributed by atoms with Crippen molar-refractivity contribution in [3.05, 3.63) is 29.8 Å². The van der Waals surface area contributed by atoms with Crippen LogP contribution in [0.15, 0.2) is 24.3 Å². The molecular formula is C23H36O. The molecule has 0 aromatic heterocycles. The Morgan fingerprint density at radius 3 is 2.38 bits per heavy atom. The average molecular weight is 329 g/mol. The minimum Gasteiger partial charge on any atom is -0.494 e. The van der Waals surface area contributed by atoms with Crippen molar-refractivity contribution in [2.45, 2.75) is 84.0 Å². The summed E-state index contributed by atoms with van der Waals surface area (Å²) in [4.78, 5) is 0. The summed E-state index contributed by atoms with van der Waals surface area (Å²) in [6.07, 6.45) is 14.6. The normalized spacial score (nSPS) is 29.9. The lowest BCUT2D eigenvalue weighted by atomic mass is 9.63. The van der Waals surface area contributed by atoms with Gasteiger partial charge in [-0.2, -0.15) is 0 Å². The average Bonchev–Trinajstić information content (AvgIpc) is 2.62. The van der Waals surface area contributed by atoms with Gasteiger partial charge in [0.1, 0.15) is 5.75 Å². The highest BCUT2D eigenvalue weighted by molar-refractivity contribution is 5.29. The van der Waals surface area contributed by atoms with Crippen LogP contribution in [0.4, 0.5) is 0 Å². The number of rotatable bonds is 7. The van der Waals surface area contributed by atoms with Crippen LogP contribution in [0.1, 0.15) is 89.5 Å². The second-order valence-corrected chi connectivity index (χ2v) is 8.21. The van der Waals surface area contributed by atoms with Crippen molar-refractivity contribution in [3.8, 4) is 5.75 Å². The van der Waals surface area contributed by atoms with Crippen molar-refractivity contribution in [1.29, 1.82) is 0 Å². The topological polar surface area (TPSA) is 9.23 Å². The van der Waals surface area contributed by atoms with Gasteiger partial charge < -0.3 is 4.74 Å². The van der Waals surface area contributed by atoms with Crippen molar-refractivity contribution >= 4 is 0 Å². The second-order valence-electron chi connectivity index (χ2n) is 8.21. The van der Waals surface area contributed by atoms with Crippen molar-refractivity contribution in [2.75, 3.05) is 6.61 Å². The van der Waals surface area contributed by atoms with Gasteiger partial charge in [0.15, 0.2) is 0 Å². The van der Waals surface area contributed by atoms with E-state index in [9.17, 15) is 0 Å². The summed E-state index contributed by atoms with van der Waals surface area (Å²) in [5.74, 6) is 4.88. The van der Waals surface area contributed by atoms with E-state index in [4.69, 9.17) is 4.74 Å². The molecule has 0 heterocycles. The van der Waals surface area contributed by atoms with E-state index in [2.05, 4.69) is 31.2 Å². The van der Waals surface area contributed by atoms with Crippen LogP contribution in [-0.4, -0.2) is 6.61 Å². The molecule has 2 aliphatic rings. The van der Waals surface area contributed by atoms with E-state index in [0.29, 0.717) is 0 Å². The molecule has 0 bridgehead atoms. The summed E-state index contributed by atoms with van der Waals surface area (Å²) >= 11 is 0. The fourth-order valence-electron chi connectivity index (χ4n) is 5.24. The highest BCUT2D eigenvalue weighted by atomic mass is 16.5. The third-order valence-electron chi connectivity index (χ3n) is 6.60. The van der Waals surface area contributed by atoms with Crippen LogP contribution in [0.3, 0.4) is 0 Å². The first kappa shape index (κ1) is 17.8. The van der Waals surface area contributed by atoms with Gasteiger partial charge in [-0.1, -0.05) is 51.2 Å². The lowest BCUT2D eigenvalue weighted by molar-refractivity contribution is 0.113. The summed E-state index contributed by atoms with van der Waals surface area (Å²) in [6, 6.07) is 8.95. The zero-order valence-corrected chi connectivity index (χ0v) is 15.8. The van der Waals surface area contributed by atoms with Crippen LogP contribution < -0.4 is 4.74 Å². The van der Waals surface area contributed by atoms with Crippen molar-refractivity contribution in [3.63, 3.8) is 0 Å². The van der Waals surface area contributed by atoms with Gasteiger partial charge in [-0.15, -0.1) is 0 Å². The molecule has 1 nitrogen and oxygen atoms in total. The van der Waals surface area contributed by atoms with Crippen molar-refractivity contribution in [2.24, 2.45) is 17.8 Å². The minimum atomic E-state index is 0.756. The Morgan fingerprint density at radius 1 is 0.875 bits per heavy atom. The van der Waals surface area contributed by atoms with Gasteiger partial charge >= 0.3 is 0 Å². The number of ether oxygens (including phenoxy) is 1. The fourth-order valence-corrected chi connectivity index (χ4v) is 5.24. The fraction of sp³-hybridized carbons (Fsp3) is 0.739. The first-order valence-corrected chi connectivity index (χ1v) is 10.5. The molecule has 0 amide bonds. The van der Waals surface area contributed by atoms with Gasteiger partial charge in [-0.05, 0) is 80.4 Å². The van der Waals surface area contributed by atoms with Gasteiger partial charge in [0.2, 0.25) is 0 Å². The quantitative estimate of drug-likeness (QED) is 0.491. The molecule has 3 rings (SSSR count). The van der Waals surface area contributed by atoms with Gasteiger partial charge in [-0.3, -0.25) is 0 Å². The minimum absolute atomic E-state index is 0.756. The molecule has 2 aliphatic carbocycles. The van der Waals surface area contributed by atoms with E-state index < -0.39 is 0 Å². The van der Waals surface area contributed by atoms with Crippen LogP contribution >= 0.6 is 0 Å². The van der Waals surface area contributed by atoms with Crippen LogP contribution in [-0.2, 0) is 0 Å². The molecule has 1 aromatic carbocycles. The Morgan fingerprint density at radius 2 is 1.62 bits per heavy atom. The van der Waals surface area contributed by atoms with Gasteiger partial charge in [-0.25, -0.2) is 0 Å². The molecule has 0 radical (unpaired) electrons. The SMILES string of the molecule is CCCCC[C@H]1CC[C@@H]2C[C@H](c3ccc(OCC)cc3)CC[C@H]2C1. The number of hydrogen-bond donors (Lipinski definition) is 0. The third-order valence-corrected chi connectivity index (χ3v) is 6.60. The van der Waals surface area contributed by atoms with E-state index in [1.807, 2.05) is 6.92 Å². The van der Waals surface area contributed by atoms with Gasteiger partial charge in [0.05, 0.1) is 6.61 Å². The van der Waals surface area contributed by atoms with Crippen LogP contribution in [0.25, 0.3) is 0 Å². The maximum Gasteiger partial charge on any atom is 0.119 e. The zero-order chi connectivity index (χ0) is 16.8. The van der Waals surface area contributed by atoms with Crippen LogP contribution in [0, 0.1) is 17.8 Å². The summed E-state index contributed by atoms with van der Waals surface area (Å²) in [5, 5.41) is 0. The Labute approximate surface area is 149 Å². The largest absolute Gasteiger partial charge is 0.494 e. The molecule has 4 atom stereocenters. The predicted molar refractivity (Wildman–Crippen MR) is 103 cm³/mol. The summed E-state index contributed by atoms with van der Waals surface area (Å²) in [7, 11) is 0. The van der Waals surface area contributed by atoms with Crippen molar-refractivity contribution < 1.29 is 4.74 Å². The number of benzene rings is 1. The first-order valence-electron chi connectivity index (χ1n) is 10.5. The number of fused-ring (bicyclic) bond motifs is 1. The molecule has 2 fully saturated rings. The zero-order valence-electron chi connectivity index (χ0n) is 15.8. The molecule has 1 heteroatoms. The first-order chi connectivity index (χ1) is 11.8. The molecular weight excluding hydrogens is 292 g/mol. The maximum absolute atomic E-state index is 5.59. The van der Waals surface area contributed by atoms with E-state index in [1.165, 1.54) is 64.2 Å². The van der Waals surface area contributed by atoms with E-state index >= 15 is 0 Å². The van der Waals surface area contributed by atoms with E-state index in [-0.39, 0.29) is 0 Å². The Balaban J connectivity index is 1.50. The third kappa shape index (κ3) is 4.55. The van der Waals surface area contributed by atoms with E-state index in [0.717, 1.165) is 36.0 Å². The molecule has 0 unspecified atom stereocenters. The summed E-state index contributed by atoms with van der Waals surface area (Å²) in [6.45, 7) is 5.12. The molecule has 0 spiro atoms. The number of unbranched alkanes of at least 4 members (excludes halogenated alkanes) is 2. The standard InChI is InChI=1S/C23H36O/c1-3-5-6-7-18-8-9-22-17-21(11-10-20(22)16-18)19-12-14-23(15-13-19)24-4-2/h12-15,18,20-22H,3-11,16-17H2,1-2H3/t18-,20-,21+,22+/m0/s1. The van der Waals surface area contributed by atoms with Crippen LogP contribution in [0.2, 0.25) is 0 Å². The predicted octanol–water partition coefficient (Wildman–Crippen LogP) is 6.97. The van der Waals surface area contributed by atoms with Crippen LogP contribution in [0.5, 0.6) is 5.75 Å². The molecule has 0 aliphatic heterocycles. The van der Waals surface area contributed by atoms with Gasteiger partial charge in [0.25, 0.3) is 0 Å². The Hall–Kier alpha value is -0.980. The van der Waals surface area contributed by atoms with Gasteiger partial charge in [0, 0.05) is 0 Å². The highest BCUT2D eigenvalue weighted by Crippen LogP contribution is 2.48. The molecule has 2 saturated carbocycles. The lowest BCUT2D eigenvalue weighted by Crippen LogP contribution is -2.30. The monoisotopic (exact) mass is 328 g/mol. The second kappa shape index (κ2) is 8.92. The smallest absolute Gasteiger partial charge is 0.119 e. The molecule has 24 heavy (non-hydrogen) atoms. The molecule has 134 valence electrons. The summed E-state index contributed by atoms with van der Waals surface area (Å²) in [5.41, 5.74) is 1.54. The summed E-state index contributed by atoms with van der Waals surface area (Å²) < 4.78 is 5.59. The molecule has 0 saturated heterocycles. The Kier molecular flexibility index (Phi) is 6.63.